The van der Waals surface area contributed by atoms with Crippen molar-refractivity contribution in [3.63, 3.8) is 0 Å². The lowest BCUT2D eigenvalue weighted by Crippen LogP contribution is -2.07. The molecule has 0 atom stereocenters. The molecular formula is C50H36N6. The van der Waals surface area contributed by atoms with E-state index in [1.165, 1.54) is 11.1 Å². The Kier molecular flexibility index (Phi) is 7.65. The number of para-hydroxylation sites is 2. The largest absolute Gasteiger partial charge is 0.308 e. The van der Waals surface area contributed by atoms with Crippen LogP contribution in [-0.2, 0) is 0 Å². The van der Waals surface area contributed by atoms with Gasteiger partial charge in [-0.3, -0.25) is 0 Å². The molecule has 0 aliphatic heterocycles. The summed E-state index contributed by atoms with van der Waals surface area (Å²) < 4.78 is 4.50. The average molecular weight is 721 g/mol. The maximum Gasteiger partial charge on any atom is 0.163 e. The number of nitriles is 1. The highest BCUT2D eigenvalue weighted by atomic mass is 15.0. The van der Waals surface area contributed by atoms with E-state index in [-0.39, 0.29) is 0 Å². The minimum Gasteiger partial charge on any atom is -0.308 e. The number of aromatic nitrogens is 5. The second-order valence-corrected chi connectivity index (χ2v) is 14.7. The molecule has 0 saturated carbocycles. The summed E-state index contributed by atoms with van der Waals surface area (Å²) in [6.45, 7) is 8.02. The van der Waals surface area contributed by atoms with Crippen LogP contribution in [0.15, 0.2) is 146 Å². The quantitative estimate of drug-likeness (QED) is 0.177. The summed E-state index contributed by atoms with van der Waals surface area (Å²) in [5.41, 5.74) is 13.8. The maximum absolute atomic E-state index is 11.4. The third kappa shape index (κ3) is 5.36. The molecule has 0 bridgehead atoms. The molecule has 0 amide bonds. The average Bonchev–Trinajstić information content (AvgIpc) is 3.72. The number of hydrogen-bond donors (Lipinski definition) is 0. The summed E-state index contributed by atoms with van der Waals surface area (Å²) in [6, 6.07) is 54.2. The lowest BCUT2D eigenvalue weighted by atomic mass is 10.0. The van der Waals surface area contributed by atoms with Gasteiger partial charge in [0, 0.05) is 27.1 Å². The first-order chi connectivity index (χ1) is 27.3. The van der Waals surface area contributed by atoms with Gasteiger partial charge in [0.2, 0.25) is 0 Å². The van der Waals surface area contributed by atoms with Crippen molar-refractivity contribution in [1.82, 2.24) is 24.1 Å². The highest BCUT2D eigenvalue weighted by molar-refractivity contribution is 6.12. The van der Waals surface area contributed by atoms with Crippen LogP contribution in [0.5, 0.6) is 0 Å². The Hall–Kier alpha value is -7.36. The van der Waals surface area contributed by atoms with Crippen LogP contribution < -0.4 is 0 Å². The molecule has 3 aromatic heterocycles. The summed E-state index contributed by atoms with van der Waals surface area (Å²) in [5.74, 6) is 1.84. The minimum absolute atomic E-state index is 0.545. The van der Waals surface area contributed by atoms with Crippen LogP contribution in [0.3, 0.4) is 0 Å². The van der Waals surface area contributed by atoms with Crippen LogP contribution in [-0.4, -0.2) is 24.1 Å². The van der Waals surface area contributed by atoms with Crippen molar-refractivity contribution >= 4 is 43.6 Å². The zero-order chi connectivity index (χ0) is 38.1. The SMILES string of the molecule is Cc1cccc(-c2ccc3c4ccccc4n(-c4cc(-c5nc(C)nc(C)n5)cc(-n5c6ccccc6c6ccc(-c7cccc(C)c7)cc65)c4C#N)c3c2)c1. The number of benzene rings is 7. The van der Waals surface area contributed by atoms with Gasteiger partial charge in [-0.25, -0.2) is 15.0 Å². The van der Waals surface area contributed by atoms with Gasteiger partial charge < -0.3 is 9.13 Å². The molecule has 0 radical (unpaired) electrons. The molecule has 6 nitrogen and oxygen atoms in total. The van der Waals surface area contributed by atoms with E-state index in [1.807, 2.05) is 13.8 Å². The van der Waals surface area contributed by atoms with Crippen LogP contribution in [0.4, 0.5) is 0 Å². The van der Waals surface area contributed by atoms with Crippen molar-refractivity contribution in [3.05, 3.63) is 174 Å². The van der Waals surface area contributed by atoms with Gasteiger partial charge in [-0.2, -0.15) is 5.26 Å². The van der Waals surface area contributed by atoms with E-state index in [1.54, 1.807) is 0 Å². The first-order valence-electron chi connectivity index (χ1n) is 18.8. The summed E-state index contributed by atoms with van der Waals surface area (Å²) in [7, 11) is 0. The molecule has 0 saturated heterocycles. The first-order valence-corrected chi connectivity index (χ1v) is 18.8. The van der Waals surface area contributed by atoms with Crippen LogP contribution in [0.2, 0.25) is 0 Å². The van der Waals surface area contributed by atoms with E-state index in [9.17, 15) is 5.26 Å². The van der Waals surface area contributed by atoms with E-state index in [2.05, 4.69) is 180 Å². The molecular weight excluding hydrogens is 685 g/mol. The van der Waals surface area contributed by atoms with Gasteiger partial charge in [0.1, 0.15) is 23.3 Å². The van der Waals surface area contributed by atoms with Gasteiger partial charge in [-0.05, 0) is 86.3 Å². The smallest absolute Gasteiger partial charge is 0.163 e. The molecule has 0 fully saturated rings. The first kappa shape index (κ1) is 33.2. The number of rotatable bonds is 5. The van der Waals surface area contributed by atoms with Gasteiger partial charge >= 0.3 is 0 Å². The van der Waals surface area contributed by atoms with Gasteiger partial charge in [-0.1, -0.05) is 120 Å². The standard InChI is InChI=1S/C50H36N6/c1-30-11-9-13-34(23-30)36-19-21-41-39-15-5-7-17-44(39)55(46(41)25-36)48-27-38(50-53-32(3)52-33(4)54-50)28-49(43(48)29-51)56-45-18-8-6-16-40(45)42-22-20-37(26-47(42)56)35-14-10-12-31(2)24-35/h5-28H,1-4H3. The molecule has 3 heterocycles. The van der Waals surface area contributed by atoms with E-state index in [4.69, 9.17) is 9.97 Å². The molecule has 266 valence electrons. The van der Waals surface area contributed by atoms with Gasteiger partial charge in [0.05, 0.1) is 33.4 Å². The fourth-order valence-corrected chi connectivity index (χ4v) is 8.42. The molecule has 56 heavy (non-hydrogen) atoms. The maximum atomic E-state index is 11.4. The highest BCUT2D eigenvalue weighted by Gasteiger charge is 2.24. The van der Waals surface area contributed by atoms with Crippen LogP contribution in [0.25, 0.3) is 88.6 Å². The van der Waals surface area contributed by atoms with Crippen molar-refractivity contribution in [2.75, 3.05) is 0 Å². The molecule has 10 aromatic rings. The van der Waals surface area contributed by atoms with Crippen molar-refractivity contribution < 1.29 is 0 Å². The van der Waals surface area contributed by atoms with Gasteiger partial charge in [0.15, 0.2) is 5.82 Å². The number of aryl methyl sites for hydroxylation is 4. The Morgan fingerprint density at radius 3 is 1.32 bits per heavy atom. The monoisotopic (exact) mass is 720 g/mol. The molecule has 0 N–H and O–H groups in total. The molecule has 6 heteroatoms. The number of nitrogens with zero attached hydrogens (tertiary/aromatic N) is 6. The molecule has 0 aliphatic carbocycles. The van der Waals surface area contributed by atoms with E-state index < -0.39 is 0 Å². The third-order valence-corrected chi connectivity index (χ3v) is 10.9. The normalized spacial score (nSPS) is 11.6. The lowest BCUT2D eigenvalue weighted by molar-refractivity contribution is 0.927. The Morgan fingerprint density at radius 2 is 0.857 bits per heavy atom. The summed E-state index contributed by atoms with van der Waals surface area (Å²) in [5, 5.41) is 15.9. The molecule has 0 unspecified atom stereocenters. The molecule has 7 aromatic carbocycles. The van der Waals surface area contributed by atoms with Gasteiger partial charge in [0.25, 0.3) is 0 Å². The van der Waals surface area contributed by atoms with Crippen LogP contribution in [0.1, 0.15) is 28.3 Å². The zero-order valence-corrected chi connectivity index (χ0v) is 31.5. The molecule has 0 aliphatic rings. The van der Waals surface area contributed by atoms with Crippen LogP contribution >= 0.6 is 0 Å². The highest BCUT2D eigenvalue weighted by Crippen LogP contribution is 2.41. The Balaban J connectivity index is 1.35. The number of fused-ring (bicyclic) bond motifs is 6. The number of hydrogen-bond acceptors (Lipinski definition) is 4. The van der Waals surface area contributed by atoms with Crippen molar-refractivity contribution in [2.45, 2.75) is 27.7 Å². The van der Waals surface area contributed by atoms with E-state index in [0.29, 0.717) is 23.0 Å². The van der Waals surface area contributed by atoms with E-state index >= 15 is 0 Å². The second kappa shape index (κ2) is 12.9. The minimum atomic E-state index is 0.545. The molecule has 0 spiro atoms. The molecule has 10 rings (SSSR count). The predicted octanol–water partition coefficient (Wildman–Crippen LogP) is 12.2. The Bertz CT molecular complexity index is 3060. The van der Waals surface area contributed by atoms with E-state index in [0.717, 1.165) is 82.8 Å². The van der Waals surface area contributed by atoms with Crippen molar-refractivity contribution in [2.24, 2.45) is 0 Å². The summed E-state index contributed by atoms with van der Waals surface area (Å²) in [6.07, 6.45) is 0. The topological polar surface area (TPSA) is 72.3 Å². The summed E-state index contributed by atoms with van der Waals surface area (Å²) in [4.78, 5) is 14.2. The fraction of sp³-hybridized carbons (Fsp3) is 0.0800. The zero-order valence-electron chi connectivity index (χ0n) is 31.5. The van der Waals surface area contributed by atoms with Gasteiger partial charge in [-0.15, -0.1) is 0 Å². The summed E-state index contributed by atoms with van der Waals surface area (Å²) >= 11 is 0. The van der Waals surface area contributed by atoms with Crippen LogP contribution in [0, 0.1) is 39.0 Å². The van der Waals surface area contributed by atoms with Crippen molar-refractivity contribution in [1.29, 1.82) is 5.26 Å². The Morgan fingerprint density at radius 1 is 0.411 bits per heavy atom. The lowest BCUT2D eigenvalue weighted by Gasteiger charge is -2.18. The Labute approximate surface area is 324 Å². The van der Waals surface area contributed by atoms with Crippen molar-refractivity contribution in [3.8, 4) is 51.1 Å². The third-order valence-electron chi connectivity index (χ3n) is 10.9. The predicted molar refractivity (Wildman–Crippen MR) is 228 cm³/mol. The second-order valence-electron chi connectivity index (χ2n) is 14.7. The fourth-order valence-electron chi connectivity index (χ4n) is 8.42.